The zero-order chi connectivity index (χ0) is 12.5. The molecule has 4 heteroatoms. The molecule has 2 aromatic rings. The third kappa shape index (κ3) is 2.58. The Balaban J connectivity index is 1.76. The predicted molar refractivity (Wildman–Crippen MR) is 79.1 cm³/mol. The monoisotopic (exact) mass is 261 g/mol. The van der Waals surface area contributed by atoms with Crippen molar-refractivity contribution in [2.24, 2.45) is 5.92 Å². The first-order chi connectivity index (χ1) is 8.74. The lowest BCUT2D eigenvalue weighted by Crippen LogP contribution is -2.18. The normalized spacial score (nSPS) is 16.9. The van der Waals surface area contributed by atoms with Crippen molar-refractivity contribution in [1.29, 1.82) is 0 Å². The van der Waals surface area contributed by atoms with E-state index in [0.717, 1.165) is 28.7 Å². The Morgan fingerprint density at radius 3 is 3.06 bits per heavy atom. The maximum atomic E-state index is 5.79. The number of benzene rings is 1. The van der Waals surface area contributed by atoms with Crippen LogP contribution in [0.4, 0.5) is 10.8 Å². The van der Waals surface area contributed by atoms with Crippen molar-refractivity contribution in [3.63, 3.8) is 0 Å². The molecule has 0 aliphatic heterocycles. The molecule has 1 aromatic heterocycles. The molecule has 1 atom stereocenters. The third-order valence-corrected chi connectivity index (χ3v) is 4.50. The number of nitrogens with one attached hydrogen (secondary N) is 1. The summed E-state index contributed by atoms with van der Waals surface area (Å²) in [6.45, 7) is 2.24. The highest BCUT2D eigenvalue weighted by atomic mass is 32.1. The molecule has 1 fully saturated rings. The number of fused-ring (bicyclic) bond motifs is 1. The van der Waals surface area contributed by atoms with Crippen molar-refractivity contribution in [3.05, 3.63) is 18.2 Å². The fourth-order valence-electron chi connectivity index (χ4n) is 2.26. The zero-order valence-corrected chi connectivity index (χ0v) is 11.5. The summed E-state index contributed by atoms with van der Waals surface area (Å²) in [7, 11) is 0. The van der Waals surface area contributed by atoms with Crippen LogP contribution in [-0.4, -0.2) is 11.0 Å². The van der Waals surface area contributed by atoms with Gasteiger partial charge in [-0.15, -0.1) is 0 Å². The van der Waals surface area contributed by atoms with Gasteiger partial charge in [-0.1, -0.05) is 31.1 Å². The van der Waals surface area contributed by atoms with Crippen molar-refractivity contribution in [3.8, 4) is 0 Å². The maximum absolute atomic E-state index is 5.79. The van der Waals surface area contributed by atoms with E-state index in [2.05, 4.69) is 17.2 Å². The molecule has 1 heterocycles. The van der Waals surface area contributed by atoms with Crippen LogP contribution in [-0.2, 0) is 0 Å². The highest BCUT2D eigenvalue weighted by Gasteiger charge is 2.25. The summed E-state index contributed by atoms with van der Waals surface area (Å²) < 4.78 is 1.17. The molecule has 0 spiro atoms. The number of anilines is 2. The van der Waals surface area contributed by atoms with Crippen LogP contribution in [0.5, 0.6) is 0 Å². The molecule has 3 N–H and O–H groups in total. The maximum Gasteiger partial charge on any atom is 0.184 e. The number of aromatic nitrogens is 1. The van der Waals surface area contributed by atoms with Gasteiger partial charge in [-0.2, -0.15) is 0 Å². The van der Waals surface area contributed by atoms with Gasteiger partial charge in [0.05, 0.1) is 10.2 Å². The van der Waals surface area contributed by atoms with Crippen LogP contribution in [0.1, 0.15) is 32.6 Å². The van der Waals surface area contributed by atoms with E-state index in [0.29, 0.717) is 6.04 Å². The second kappa shape index (κ2) is 4.76. The van der Waals surface area contributed by atoms with Crippen molar-refractivity contribution in [2.45, 2.75) is 38.6 Å². The fraction of sp³-hybridized carbons (Fsp3) is 0.500. The number of nitrogens with zero attached hydrogens (tertiary/aromatic N) is 1. The Labute approximate surface area is 111 Å². The highest BCUT2D eigenvalue weighted by Crippen LogP contribution is 2.35. The van der Waals surface area contributed by atoms with E-state index in [1.54, 1.807) is 11.3 Å². The SMILES string of the molecule is CCC(CC1CC1)Nc1nc2ccc(N)cc2s1. The average molecular weight is 261 g/mol. The Morgan fingerprint density at radius 1 is 1.50 bits per heavy atom. The van der Waals surface area contributed by atoms with Crippen molar-refractivity contribution >= 4 is 32.4 Å². The minimum absolute atomic E-state index is 0.565. The van der Waals surface area contributed by atoms with Gasteiger partial charge in [0.25, 0.3) is 0 Å². The van der Waals surface area contributed by atoms with Gasteiger partial charge in [0.15, 0.2) is 5.13 Å². The molecule has 18 heavy (non-hydrogen) atoms. The van der Waals surface area contributed by atoms with Gasteiger partial charge >= 0.3 is 0 Å². The van der Waals surface area contributed by atoms with Crippen LogP contribution in [0.3, 0.4) is 0 Å². The van der Waals surface area contributed by atoms with Crippen molar-refractivity contribution in [2.75, 3.05) is 11.1 Å². The number of nitrogen functional groups attached to an aromatic ring is 1. The molecule has 3 rings (SSSR count). The van der Waals surface area contributed by atoms with Gasteiger partial charge in [-0.25, -0.2) is 4.98 Å². The Hall–Kier alpha value is -1.29. The largest absolute Gasteiger partial charge is 0.399 e. The van der Waals surface area contributed by atoms with Crippen molar-refractivity contribution in [1.82, 2.24) is 4.98 Å². The molecule has 0 saturated heterocycles. The molecule has 0 radical (unpaired) electrons. The second-order valence-electron chi connectivity index (χ2n) is 5.17. The minimum Gasteiger partial charge on any atom is -0.399 e. The number of rotatable bonds is 5. The van der Waals surface area contributed by atoms with E-state index >= 15 is 0 Å². The molecule has 3 nitrogen and oxygen atoms in total. The average Bonchev–Trinajstić information content (AvgIpc) is 3.07. The Kier molecular flexibility index (Phi) is 3.12. The zero-order valence-electron chi connectivity index (χ0n) is 10.6. The Bertz CT molecular complexity index is 545. The molecule has 0 bridgehead atoms. The fourth-order valence-corrected chi connectivity index (χ4v) is 3.25. The quantitative estimate of drug-likeness (QED) is 0.803. The van der Waals surface area contributed by atoms with E-state index in [-0.39, 0.29) is 0 Å². The predicted octanol–water partition coefficient (Wildman–Crippen LogP) is 3.87. The molecular formula is C14H19N3S. The first-order valence-electron chi connectivity index (χ1n) is 6.67. The molecular weight excluding hydrogens is 242 g/mol. The summed E-state index contributed by atoms with van der Waals surface area (Å²) in [5.74, 6) is 0.951. The van der Waals surface area contributed by atoms with E-state index in [9.17, 15) is 0 Å². The van der Waals surface area contributed by atoms with Crippen molar-refractivity contribution < 1.29 is 0 Å². The van der Waals surface area contributed by atoms with Crippen LogP contribution >= 0.6 is 11.3 Å². The topological polar surface area (TPSA) is 50.9 Å². The molecule has 1 unspecified atom stereocenters. The Morgan fingerprint density at radius 2 is 2.33 bits per heavy atom. The number of hydrogen-bond donors (Lipinski definition) is 2. The molecule has 0 amide bonds. The number of thiazole rings is 1. The summed E-state index contributed by atoms with van der Waals surface area (Å²) in [5, 5.41) is 4.61. The first kappa shape index (κ1) is 11.8. The van der Waals surface area contributed by atoms with E-state index < -0.39 is 0 Å². The summed E-state index contributed by atoms with van der Waals surface area (Å²) in [4.78, 5) is 4.62. The van der Waals surface area contributed by atoms with Crippen LogP contribution in [0.25, 0.3) is 10.2 Å². The molecule has 96 valence electrons. The summed E-state index contributed by atoms with van der Waals surface area (Å²) in [5.41, 5.74) is 7.64. The van der Waals surface area contributed by atoms with Crippen LogP contribution in [0.2, 0.25) is 0 Å². The second-order valence-corrected chi connectivity index (χ2v) is 6.21. The summed E-state index contributed by atoms with van der Waals surface area (Å²) >= 11 is 1.70. The van der Waals surface area contributed by atoms with E-state index in [1.165, 1.54) is 24.0 Å². The van der Waals surface area contributed by atoms with Gasteiger partial charge in [0.2, 0.25) is 0 Å². The van der Waals surface area contributed by atoms with E-state index in [1.807, 2.05) is 18.2 Å². The van der Waals surface area contributed by atoms with Gasteiger partial charge < -0.3 is 11.1 Å². The lowest BCUT2D eigenvalue weighted by atomic mass is 10.1. The standard InChI is InChI=1S/C14H19N3S/c1-2-11(7-9-3-4-9)16-14-17-12-6-5-10(15)8-13(12)18-14/h5-6,8-9,11H,2-4,7,15H2,1H3,(H,16,17). The lowest BCUT2D eigenvalue weighted by molar-refractivity contribution is 0.587. The van der Waals surface area contributed by atoms with E-state index in [4.69, 9.17) is 5.73 Å². The molecule has 1 aromatic carbocycles. The van der Waals surface area contributed by atoms with Gasteiger partial charge in [0.1, 0.15) is 0 Å². The van der Waals surface area contributed by atoms with Crippen LogP contribution < -0.4 is 11.1 Å². The number of nitrogens with two attached hydrogens (primary N) is 1. The lowest BCUT2D eigenvalue weighted by Gasteiger charge is -2.15. The smallest absolute Gasteiger partial charge is 0.184 e. The van der Waals surface area contributed by atoms with Crippen LogP contribution in [0.15, 0.2) is 18.2 Å². The van der Waals surface area contributed by atoms with Crippen LogP contribution in [0, 0.1) is 5.92 Å². The molecule has 1 aliphatic carbocycles. The van der Waals surface area contributed by atoms with Gasteiger partial charge in [-0.05, 0) is 37.0 Å². The highest BCUT2D eigenvalue weighted by molar-refractivity contribution is 7.22. The molecule has 1 aliphatic rings. The third-order valence-electron chi connectivity index (χ3n) is 3.55. The minimum atomic E-state index is 0.565. The summed E-state index contributed by atoms with van der Waals surface area (Å²) in [6, 6.07) is 6.47. The first-order valence-corrected chi connectivity index (χ1v) is 7.49. The van der Waals surface area contributed by atoms with Gasteiger partial charge in [0, 0.05) is 11.7 Å². The molecule has 1 saturated carbocycles. The van der Waals surface area contributed by atoms with Gasteiger partial charge in [-0.3, -0.25) is 0 Å². The summed E-state index contributed by atoms with van der Waals surface area (Å²) in [6.07, 6.45) is 5.27. The number of hydrogen-bond acceptors (Lipinski definition) is 4.